The molecule has 1 heterocycles. The standard InChI is InChI=1S/C15H19ClFNO2/c16-7-10-20-13-5-8-18(9-6-13)15(19)11-12-3-1-2-4-14(12)17/h1-4,13H,5-11H2. The first-order valence-electron chi connectivity index (χ1n) is 6.89. The van der Waals surface area contributed by atoms with Gasteiger partial charge in [0.15, 0.2) is 0 Å². The van der Waals surface area contributed by atoms with E-state index in [1.807, 2.05) is 0 Å². The molecule has 1 aromatic carbocycles. The van der Waals surface area contributed by atoms with E-state index in [1.165, 1.54) is 6.07 Å². The molecule has 0 saturated carbocycles. The maximum Gasteiger partial charge on any atom is 0.227 e. The van der Waals surface area contributed by atoms with Gasteiger partial charge in [0.25, 0.3) is 0 Å². The molecule has 0 radical (unpaired) electrons. The summed E-state index contributed by atoms with van der Waals surface area (Å²) in [7, 11) is 0. The van der Waals surface area contributed by atoms with Crippen molar-refractivity contribution in [1.82, 2.24) is 4.90 Å². The van der Waals surface area contributed by atoms with E-state index in [4.69, 9.17) is 16.3 Å². The number of nitrogens with zero attached hydrogens (tertiary/aromatic N) is 1. The van der Waals surface area contributed by atoms with E-state index < -0.39 is 0 Å². The predicted molar refractivity (Wildman–Crippen MR) is 76.4 cm³/mol. The molecule has 0 N–H and O–H groups in total. The van der Waals surface area contributed by atoms with Crippen molar-refractivity contribution in [2.45, 2.75) is 25.4 Å². The van der Waals surface area contributed by atoms with Crippen LogP contribution in [0.1, 0.15) is 18.4 Å². The minimum absolute atomic E-state index is 0.0223. The van der Waals surface area contributed by atoms with Gasteiger partial charge in [-0.05, 0) is 24.5 Å². The smallest absolute Gasteiger partial charge is 0.227 e. The van der Waals surface area contributed by atoms with Crippen molar-refractivity contribution in [1.29, 1.82) is 0 Å². The minimum atomic E-state index is -0.318. The molecule has 0 bridgehead atoms. The molecule has 1 fully saturated rings. The second-order valence-corrected chi connectivity index (χ2v) is 5.29. The topological polar surface area (TPSA) is 29.5 Å². The maximum atomic E-state index is 13.5. The molecule has 0 atom stereocenters. The minimum Gasteiger partial charge on any atom is -0.377 e. The lowest BCUT2D eigenvalue weighted by atomic mass is 10.1. The van der Waals surface area contributed by atoms with Crippen LogP contribution >= 0.6 is 11.6 Å². The Morgan fingerprint density at radius 3 is 2.70 bits per heavy atom. The first kappa shape index (κ1) is 15.3. The number of carbonyl (C=O) groups is 1. The Bertz CT molecular complexity index is 447. The molecule has 5 heteroatoms. The van der Waals surface area contributed by atoms with Crippen molar-refractivity contribution in [2.24, 2.45) is 0 Å². The quantitative estimate of drug-likeness (QED) is 0.782. The molecule has 1 aliphatic rings. The lowest BCUT2D eigenvalue weighted by molar-refractivity contribution is -0.133. The summed E-state index contributed by atoms with van der Waals surface area (Å²) in [6.45, 7) is 1.88. The van der Waals surface area contributed by atoms with Crippen molar-refractivity contribution in [3.8, 4) is 0 Å². The molecule has 110 valence electrons. The van der Waals surface area contributed by atoms with Crippen LogP contribution in [0.4, 0.5) is 4.39 Å². The zero-order valence-corrected chi connectivity index (χ0v) is 12.1. The zero-order chi connectivity index (χ0) is 14.4. The third-order valence-corrected chi connectivity index (χ3v) is 3.68. The molecule has 0 aliphatic carbocycles. The third-order valence-electron chi connectivity index (χ3n) is 3.52. The van der Waals surface area contributed by atoms with Gasteiger partial charge in [-0.15, -0.1) is 11.6 Å². The van der Waals surface area contributed by atoms with Crippen molar-refractivity contribution in [3.63, 3.8) is 0 Å². The first-order chi connectivity index (χ1) is 9.70. The summed E-state index contributed by atoms with van der Waals surface area (Å²) in [6.07, 6.45) is 1.95. The normalized spacial score (nSPS) is 16.4. The molecule has 1 aromatic rings. The van der Waals surface area contributed by atoms with Crippen molar-refractivity contribution in [2.75, 3.05) is 25.6 Å². The summed E-state index contributed by atoms with van der Waals surface area (Å²) in [4.78, 5) is 13.9. The van der Waals surface area contributed by atoms with Crippen LogP contribution < -0.4 is 0 Å². The molecule has 1 amide bonds. The summed E-state index contributed by atoms with van der Waals surface area (Å²) in [5.74, 6) is 0.152. The van der Waals surface area contributed by atoms with Crippen LogP contribution in [-0.2, 0) is 16.0 Å². The number of ether oxygens (including phenoxy) is 1. The number of benzene rings is 1. The Balaban J connectivity index is 1.82. The molecule has 20 heavy (non-hydrogen) atoms. The number of carbonyl (C=O) groups excluding carboxylic acids is 1. The SMILES string of the molecule is O=C(Cc1ccccc1F)N1CCC(OCCCl)CC1. The highest BCUT2D eigenvalue weighted by Gasteiger charge is 2.23. The van der Waals surface area contributed by atoms with Gasteiger partial charge in [-0.3, -0.25) is 4.79 Å². The summed E-state index contributed by atoms with van der Waals surface area (Å²) < 4.78 is 19.1. The van der Waals surface area contributed by atoms with Gasteiger partial charge in [-0.1, -0.05) is 18.2 Å². The van der Waals surface area contributed by atoms with Crippen LogP contribution in [-0.4, -0.2) is 42.5 Å². The Morgan fingerprint density at radius 1 is 1.35 bits per heavy atom. The molecule has 2 rings (SSSR count). The van der Waals surface area contributed by atoms with Crippen LogP contribution in [0.5, 0.6) is 0 Å². The van der Waals surface area contributed by atoms with Gasteiger partial charge in [0.05, 0.1) is 19.1 Å². The van der Waals surface area contributed by atoms with E-state index in [9.17, 15) is 9.18 Å². The highest BCUT2D eigenvalue weighted by atomic mass is 35.5. The fourth-order valence-corrected chi connectivity index (χ4v) is 2.49. The Morgan fingerprint density at radius 2 is 2.05 bits per heavy atom. The summed E-state index contributed by atoms with van der Waals surface area (Å²) in [5.41, 5.74) is 0.456. The van der Waals surface area contributed by atoms with Gasteiger partial charge in [0, 0.05) is 19.0 Å². The highest BCUT2D eigenvalue weighted by molar-refractivity contribution is 6.17. The number of hydrogen-bond donors (Lipinski definition) is 0. The van der Waals surface area contributed by atoms with E-state index in [0.29, 0.717) is 31.1 Å². The highest BCUT2D eigenvalue weighted by Crippen LogP contribution is 2.16. The molecule has 3 nitrogen and oxygen atoms in total. The fourth-order valence-electron chi connectivity index (χ4n) is 2.40. The van der Waals surface area contributed by atoms with Gasteiger partial charge >= 0.3 is 0 Å². The molecule has 0 spiro atoms. The van der Waals surface area contributed by atoms with E-state index in [1.54, 1.807) is 23.1 Å². The number of alkyl halides is 1. The Labute approximate surface area is 123 Å². The van der Waals surface area contributed by atoms with Gasteiger partial charge < -0.3 is 9.64 Å². The van der Waals surface area contributed by atoms with Gasteiger partial charge in [0.1, 0.15) is 5.82 Å². The van der Waals surface area contributed by atoms with Crippen molar-refractivity contribution >= 4 is 17.5 Å². The number of hydrogen-bond acceptors (Lipinski definition) is 2. The molecule has 1 saturated heterocycles. The molecule has 0 unspecified atom stereocenters. The van der Waals surface area contributed by atoms with E-state index in [-0.39, 0.29) is 24.2 Å². The fraction of sp³-hybridized carbons (Fsp3) is 0.533. The maximum absolute atomic E-state index is 13.5. The first-order valence-corrected chi connectivity index (χ1v) is 7.43. The summed E-state index contributed by atoms with van der Waals surface area (Å²) >= 11 is 5.58. The summed E-state index contributed by atoms with van der Waals surface area (Å²) in [5, 5.41) is 0. The lowest BCUT2D eigenvalue weighted by Crippen LogP contribution is -2.41. The van der Waals surface area contributed by atoms with Gasteiger partial charge in [-0.25, -0.2) is 4.39 Å². The van der Waals surface area contributed by atoms with Crippen LogP contribution in [0.3, 0.4) is 0 Å². The zero-order valence-electron chi connectivity index (χ0n) is 11.4. The number of amides is 1. The largest absolute Gasteiger partial charge is 0.377 e. The number of rotatable bonds is 5. The van der Waals surface area contributed by atoms with Gasteiger partial charge in [0.2, 0.25) is 5.91 Å². The molecular formula is C15H19ClFNO2. The van der Waals surface area contributed by atoms with Crippen LogP contribution in [0, 0.1) is 5.82 Å². The van der Waals surface area contributed by atoms with Gasteiger partial charge in [-0.2, -0.15) is 0 Å². The second-order valence-electron chi connectivity index (χ2n) is 4.91. The van der Waals surface area contributed by atoms with Crippen molar-refractivity contribution < 1.29 is 13.9 Å². The Kier molecular flexibility index (Phi) is 5.80. The molecular weight excluding hydrogens is 281 g/mol. The van der Waals surface area contributed by atoms with Crippen LogP contribution in [0.15, 0.2) is 24.3 Å². The van der Waals surface area contributed by atoms with Crippen LogP contribution in [0.2, 0.25) is 0 Å². The summed E-state index contributed by atoms with van der Waals surface area (Å²) in [6, 6.07) is 6.42. The number of halogens is 2. The van der Waals surface area contributed by atoms with E-state index in [2.05, 4.69) is 0 Å². The monoisotopic (exact) mass is 299 g/mol. The number of piperidine rings is 1. The second kappa shape index (κ2) is 7.60. The predicted octanol–water partition coefficient (Wildman–Crippen LogP) is 2.61. The average molecular weight is 300 g/mol. The third kappa shape index (κ3) is 4.18. The van der Waals surface area contributed by atoms with Crippen LogP contribution in [0.25, 0.3) is 0 Å². The van der Waals surface area contributed by atoms with E-state index >= 15 is 0 Å². The molecule has 1 aliphatic heterocycles. The number of likely N-dealkylation sites (tertiary alicyclic amines) is 1. The lowest BCUT2D eigenvalue weighted by Gasteiger charge is -2.32. The van der Waals surface area contributed by atoms with Crippen molar-refractivity contribution in [3.05, 3.63) is 35.6 Å². The van der Waals surface area contributed by atoms with E-state index in [0.717, 1.165) is 12.8 Å². The average Bonchev–Trinajstić information content (AvgIpc) is 2.48. The Hall–Kier alpha value is -1.13. The molecule has 0 aromatic heterocycles.